The quantitative estimate of drug-likeness (QED) is 0.924. The van der Waals surface area contributed by atoms with E-state index in [1.165, 1.54) is 51.6 Å². The van der Waals surface area contributed by atoms with Crippen LogP contribution in [0.3, 0.4) is 0 Å². The molecule has 0 radical (unpaired) electrons. The van der Waals surface area contributed by atoms with Gasteiger partial charge in [-0.2, -0.15) is 0 Å². The third-order valence-electron chi connectivity index (χ3n) is 5.87. The first-order chi connectivity index (χ1) is 10.3. The first kappa shape index (κ1) is 15.1. The SMILES string of the molecule is CCC1CCC(CN)C(N2CCc3ccccc3CC2)C1. The van der Waals surface area contributed by atoms with Gasteiger partial charge < -0.3 is 5.73 Å². The molecule has 0 aromatic heterocycles. The third kappa shape index (κ3) is 3.32. The van der Waals surface area contributed by atoms with E-state index in [0.29, 0.717) is 5.92 Å². The Morgan fingerprint density at radius 3 is 2.33 bits per heavy atom. The van der Waals surface area contributed by atoms with Gasteiger partial charge in [0.2, 0.25) is 0 Å². The van der Waals surface area contributed by atoms with Gasteiger partial charge in [-0.25, -0.2) is 0 Å². The van der Waals surface area contributed by atoms with Crippen molar-refractivity contribution in [3.8, 4) is 0 Å². The van der Waals surface area contributed by atoms with Gasteiger partial charge in [0.25, 0.3) is 0 Å². The molecule has 0 saturated heterocycles. The number of nitrogens with zero attached hydrogens (tertiary/aromatic N) is 1. The van der Waals surface area contributed by atoms with Gasteiger partial charge >= 0.3 is 0 Å². The first-order valence-corrected chi connectivity index (χ1v) is 8.82. The van der Waals surface area contributed by atoms with Crippen molar-refractivity contribution in [1.29, 1.82) is 0 Å². The summed E-state index contributed by atoms with van der Waals surface area (Å²) in [4.78, 5) is 2.76. The molecule has 21 heavy (non-hydrogen) atoms. The molecule has 2 heteroatoms. The summed E-state index contributed by atoms with van der Waals surface area (Å²) in [6.45, 7) is 5.65. The summed E-state index contributed by atoms with van der Waals surface area (Å²) in [7, 11) is 0. The Kier molecular flexibility index (Phi) is 4.97. The number of hydrogen-bond donors (Lipinski definition) is 1. The molecule has 2 aliphatic rings. The highest BCUT2D eigenvalue weighted by atomic mass is 15.2. The highest BCUT2D eigenvalue weighted by Gasteiger charge is 2.33. The Balaban J connectivity index is 1.71. The largest absolute Gasteiger partial charge is 0.330 e. The van der Waals surface area contributed by atoms with Crippen LogP contribution in [0.5, 0.6) is 0 Å². The molecule has 1 aliphatic carbocycles. The Bertz CT molecular complexity index is 430. The standard InChI is InChI=1S/C19H30N2/c1-2-15-7-8-18(14-20)19(13-15)21-11-9-16-5-3-4-6-17(16)10-12-21/h3-6,15,18-19H,2,7-14,20H2,1H3. The summed E-state index contributed by atoms with van der Waals surface area (Å²) in [5, 5.41) is 0. The Hall–Kier alpha value is -0.860. The number of rotatable bonds is 3. The van der Waals surface area contributed by atoms with Gasteiger partial charge in [-0.15, -0.1) is 0 Å². The van der Waals surface area contributed by atoms with Crippen LogP contribution in [0.15, 0.2) is 24.3 Å². The molecule has 0 spiro atoms. The van der Waals surface area contributed by atoms with E-state index in [1.54, 1.807) is 11.1 Å². The summed E-state index contributed by atoms with van der Waals surface area (Å²) in [6, 6.07) is 9.72. The van der Waals surface area contributed by atoms with Crippen LogP contribution in [0.4, 0.5) is 0 Å². The summed E-state index contributed by atoms with van der Waals surface area (Å²) in [5.74, 6) is 1.64. The molecule has 0 bridgehead atoms. The summed E-state index contributed by atoms with van der Waals surface area (Å²) < 4.78 is 0. The van der Waals surface area contributed by atoms with Crippen molar-refractivity contribution in [3.05, 3.63) is 35.4 Å². The van der Waals surface area contributed by atoms with E-state index < -0.39 is 0 Å². The van der Waals surface area contributed by atoms with Gasteiger partial charge in [-0.3, -0.25) is 4.90 Å². The molecular weight excluding hydrogens is 256 g/mol. The fourth-order valence-corrected chi connectivity index (χ4v) is 4.40. The molecular formula is C19H30N2. The number of benzene rings is 1. The molecule has 1 heterocycles. The zero-order valence-corrected chi connectivity index (χ0v) is 13.4. The second-order valence-electron chi connectivity index (χ2n) is 6.96. The molecule has 2 N–H and O–H groups in total. The Labute approximate surface area is 129 Å². The Morgan fingerprint density at radius 2 is 1.76 bits per heavy atom. The van der Waals surface area contributed by atoms with Gasteiger partial charge in [-0.05, 0) is 55.2 Å². The minimum atomic E-state index is 0.717. The van der Waals surface area contributed by atoms with Crippen LogP contribution in [0.2, 0.25) is 0 Å². The number of nitrogens with two attached hydrogens (primary N) is 1. The average Bonchev–Trinajstić information content (AvgIpc) is 2.77. The van der Waals surface area contributed by atoms with Crippen LogP contribution in [0, 0.1) is 11.8 Å². The van der Waals surface area contributed by atoms with Crippen molar-refractivity contribution in [2.24, 2.45) is 17.6 Å². The van der Waals surface area contributed by atoms with Crippen molar-refractivity contribution >= 4 is 0 Å². The van der Waals surface area contributed by atoms with E-state index in [-0.39, 0.29) is 0 Å². The van der Waals surface area contributed by atoms with Crippen LogP contribution in [0.1, 0.15) is 43.7 Å². The minimum absolute atomic E-state index is 0.717. The second-order valence-corrected chi connectivity index (χ2v) is 6.96. The van der Waals surface area contributed by atoms with Crippen molar-refractivity contribution in [2.75, 3.05) is 19.6 Å². The maximum absolute atomic E-state index is 6.08. The molecule has 3 atom stereocenters. The highest BCUT2D eigenvalue weighted by Crippen LogP contribution is 2.34. The molecule has 3 unspecified atom stereocenters. The molecule has 1 aliphatic heterocycles. The predicted octanol–water partition coefficient (Wildman–Crippen LogP) is 3.24. The minimum Gasteiger partial charge on any atom is -0.330 e. The average molecular weight is 286 g/mol. The van der Waals surface area contributed by atoms with Crippen LogP contribution < -0.4 is 5.73 Å². The van der Waals surface area contributed by atoms with Crippen LogP contribution in [0.25, 0.3) is 0 Å². The van der Waals surface area contributed by atoms with Gasteiger partial charge in [-0.1, -0.05) is 44.0 Å². The molecule has 2 nitrogen and oxygen atoms in total. The number of fused-ring (bicyclic) bond motifs is 1. The topological polar surface area (TPSA) is 29.3 Å². The van der Waals surface area contributed by atoms with Crippen LogP contribution in [-0.2, 0) is 12.8 Å². The molecule has 3 rings (SSSR count). The lowest BCUT2D eigenvalue weighted by molar-refractivity contribution is 0.0839. The monoisotopic (exact) mass is 286 g/mol. The molecule has 1 aromatic rings. The molecule has 116 valence electrons. The van der Waals surface area contributed by atoms with E-state index >= 15 is 0 Å². The summed E-state index contributed by atoms with van der Waals surface area (Å²) in [5.41, 5.74) is 9.21. The second kappa shape index (κ2) is 6.93. The lowest BCUT2D eigenvalue weighted by Crippen LogP contribution is -2.47. The van der Waals surface area contributed by atoms with E-state index in [1.807, 2.05) is 0 Å². The fourth-order valence-electron chi connectivity index (χ4n) is 4.40. The van der Waals surface area contributed by atoms with E-state index in [4.69, 9.17) is 5.73 Å². The predicted molar refractivity (Wildman–Crippen MR) is 89.4 cm³/mol. The van der Waals surface area contributed by atoms with Crippen molar-refractivity contribution in [2.45, 2.75) is 51.5 Å². The maximum atomic E-state index is 6.08. The van der Waals surface area contributed by atoms with Crippen molar-refractivity contribution < 1.29 is 0 Å². The maximum Gasteiger partial charge on any atom is 0.0138 e. The van der Waals surface area contributed by atoms with Crippen LogP contribution in [-0.4, -0.2) is 30.6 Å². The summed E-state index contributed by atoms with van der Waals surface area (Å²) >= 11 is 0. The smallest absolute Gasteiger partial charge is 0.0138 e. The van der Waals surface area contributed by atoms with E-state index in [0.717, 1.165) is 18.5 Å². The lowest BCUT2D eigenvalue weighted by Gasteiger charge is -2.42. The zero-order valence-electron chi connectivity index (χ0n) is 13.4. The van der Waals surface area contributed by atoms with Gasteiger partial charge in [0.1, 0.15) is 0 Å². The van der Waals surface area contributed by atoms with Gasteiger partial charge in [0, 0.05) is 19.1 Å². The molecule has 1 aromatic carbocycles. The fraction of sp³-hybridized carbons (Fsp3) is 0.684. The van der Waals surface area contributed by atoms with Crippen molar-refractivity contribution in [1.82, 2.24) is 4.90 Å². The lowest BCUT2D eigenvalue weighted by atomic mass is 9.76. The molecule has 1 saturated carbocycles. The molecule has 0 amide bonds. The third-order valence-corrected chi connectivity index (χ3v) is 5.87. The summed E-state index contributed by atoms with van der Waals surface area (Å²) in [6.07, 6.45) is 7.85. The first-order valence-electron chi connectivity index (χ1n) is 8.82. The number of hydrogen-bond acceptors (Lipinski definition) is 2. The van der Waals surface area contributed by atoms with Gasteiger partial charge in [0.15, 0.2) is 0 Å². The van der Waals surface area contributed by atoms with Crippen LogP contribution >= 0.6 is 0 Å². The normalized spacial score (nSPS) is 30.7. The van der Waals surface area contributed by atoms with E-state index in [2.05, 4.69) is 36.1 Å². The Morgan fingerprint density at radius 1 is 1.10 bits per heavy atom. The van der Waals surface area contributed by atoms with E-state index in [9.17, 15) is 0 Å². The zero-order chi connectivity index (χ0) is 14.7. The highest BCUT2D eigenvalue weighted by molar-refractivity contribution is 5.28. The molecule has 1 fully saturated rings. The van der Waals surface area contributed by atoms with Gasteiger partial charge in [0.05, 0.1) is 0 Å². The van der Waals surface area contributed by atoms with Crippen molar-refractivity contribution in [3.63, 3.8) is 0 Å².